The van der Waals surface area contributed by atoms with E-state index in [1.165, 1.54) is 0 Å². The van der Waals surface area contributed by atoms with Crippen LogP contribution in [0.15, 0.2) is 45.6 Å². The number of aromatic amines is 1. The summed E-state index contributed by atoms with van der Waals surface area (Å²) in [5.41, 5.74) is 2.72. The summed E-state index contributed by atoms with van der Waals surface area (Å²) in [5, 5.41) is 0.707. The SMILES string of the molecule is CCCc1nc2c(c(=O)[nH]1)CN(Cc1ccc(-c3ccc(Cl)cc3)o1)CC2. The number of H-pyrrole nitrogens is 1. The predicted octanol–water partition coefficient (Wildman–Crippen LogP) is 4.19. The third kappa shape index (κ3) is 3.99. The number of benzene rings is 1. The van der Waals surface area contributed by atoms with E-state index in [4.69, 9.17) is 16.0 Å². The van der Waals surface area contributed by atoms with Gasteiger partial charge in [-0.1, -0.05) is 18.5 Å². The van der Waals surface area contributed by atoms with Crippen LogP contribution in [0.3, 0.4) is 0 Å². The first-order chi connectivity index (χ1) is 13.1. The summed E-state index contributed by atoms with van der Waals surface area (Å²) in [5.74, 6) is 2.51. The second kappa shape index (κ2) is 7.71. The van der Waals surface area contributed by atoms with Gasteiger partial charge in [0.1, 0.15) is 17.3 Å². The number of aromatic nitrogens is 2. The number of rotatable bonds is 5. The molecule has 3 aromatic rings. The first kappa shape index (κ1) is 18.0. The van der Waals surface area contributed by atoms with E-state index in [1.807, 2.05) is 36.4 Å². The van der Waals surface area contributed by atoms with E-state index in [0.29, 0.717) is 18.1 Å². The van der Waals surface area contributed by atoms with E-state index in [0.717, 1.165) is 60.0 Å². The number of furan rings is 1. The lowest BCUT2D eigenvalue weighted by atomic mass is 10.1. The van der Waals surface area contributed by atoms with Gasteiger partial charge in [0.05, 0.1) is 17.8 Å². The zero-order valence-corrected chi connectivity index (χ0v) is 16.1. The van der Waals surface area contributed by atoms with Crippen molar-refractivity contribution in [1.29, 1.82) is 0 Å². The molecule has 5 nitrogen and oxygen atoms in total. The van der Waals surface area contributed by atoms with Crippen LogP contribution >= 0.6 is 11.6 Å². The Morgan fingerprint density at radius 3 is 2.81 bits per heavy atom. The van der Waals surface area contributed by atoms with Crippen molar-refractivity contribution < 1.29 is 4.42 Å². The van der Waals surface area contributed by atoms with Gasteiger partial charge in [0, 0.05) is 36.5 Å². The van der Waals surface area contributed by atoms with Gasteiger partial charge < -0.3 is 9.40 Å². The minimum atomic E-state index is -0.00514. The molecule has 0 spiro atoms. The number of aryl methyl sites for hydroxylation is 1. The van der Waals surface area contributed by atoms with Crippen molar-refractivity contribution in [1.82, 2.24) is 14.9 Å². The minimum absolute atomic E-state index is 0.00514. The monoisotopic (exact) mass is 383 g/mol. The lowest BCUT2D eigenvalue weighted by molar-refractivity contribution is 0.223. The van der Waals surface area contributed by atoms with Crippen LogP contribution in [0.1, 0.15) is 36.2 Å². The van der Waals surface area contributed by atoms with Crippen molar-refractivity contribution in [2.45, 2.75) is 39.3 Å². The van der Waals surface area contributed by atoms with Crippen molar-refractivity contribution >= 4 is 11.6 Å². The normalized spacial score (nSPS) is 14.3. The van der Waals surface area contributed by atoms with Gasteiger partial charge in [-0.3, -0.25) is 9.69 Å². The molecular formula is C21H22ClN3O2. The molecule has 0 fully saturated rings. The fourth-order valence-electron chi connectivity index (χ4n) is 3.48. The molecule has 1 aliphatic heterocycles. The second-order valence-corrected chi connectivity index (χ2v) is 7.36. The molecule has 140 valence electrons. The average Bonchev–Trinajstić information content (AvgIpc) is 3.12. The molecule has 1 aromatic carbocycles. The highest BCUT2D eigenvalue weighted by atomic mass is 35.5. The molecule has 3 heterocycles. The number of nitrogens with zero attached hydrogens (tertiary/aromatic N) is 2. The zero-order chi connectivity index (χ0) is 18.8. The van der Waals surface area contributed by atoms with Gasteiger partial charge in [0.15, 0.2) is 0 Å². The maximum Gasteiger partial charge on any atom is 0.255 e. The highest BCUT2D eigenvalue weighted by Gasteiger charge is 2.22. The van der Waals surface area contributed by atoms with E-state index >= 15 is 0 Å². The molecule has 0 radical (unpaired) electrons. The average molecular weight is 384 g/mol. The smallest absolute Gasteiger partial charge is 0.255 e. The second-order valence-electron chi connectivity index (χ2n) is 6.92. The summed E-state index contributed by atoms with van der Waals surface area (Å²) in [6.45, 7) is 4.22. The van der Waals surface area contributed by atoms with E-state index in [-0.39, 0.29) is 5.56 Å². The molecule has 6 heteroatoms. The van der Waals surface area contributed by atoms with Crippen LogP contribution in [-0.4, -0.2) is 21.4 Å². The van der Waals surface area contributed by atoms with Crippen LogP contribution in [-0.2, 0) is 25.9 Å². The van der Waals surface area contributed by atoms with Crippen molar-refractivity contribution in [3.63, 3.8) is 0 Å². The molecule has 0 aliphatic carbocycles. The summed E-state index contributed by atoms with van der Waals surface area (Å²) < 4.78 is 6.00. The number of hydrogen-bond donors (Lipinski definition) is 1. The molecule has 4 rings (SSSR count). The highest BCUT2D eigenvalue weighted by molar-refractivity contribution is 6.30. The van der Waals surface area contributed by atoms with Gasteiger partial charge in [-0.05, 0) is 42.8 Å². The Balaban J connectivity index is 1.47. The largest absolute Gasteiger partial charge is 0.460 e. The van der Waals surface area contributed by atoms with Crippen LogP contribution in [0.25, 0.3) is 11.3 Å². The van der Waals surface area contributed by atoms with Crippen LogP contribution in [0.5, 0.6) is 0 Å². The fraction of sp³-hybridized carbons (Fsp3) is 0.333. The molecule has 0 saturated carbocycles. The van der Waals surface area contributed by atoms with Crippen molar-refractivity contribution in [2.24, 2.45) is 0 Å². The number of halogens is 1. The molecule has 1 aliphatic rings. The molecule has 0 bridgehead atoms. The Morgan fingerprint density at radius 2 is 2.04 bits per heavy atom. The van der Waals surface area contributed by atoms with E-state index in [2.05, 4.69) is 21.8 Å². The summed E-state index contributed by atoms with van der Waals surface area (Å²) in [6.07, 6.45) is 2.58. The Bertz CT molecular complexity index is 991. The summed E-state index contributed by atoms with van der Waals surface area (Å²) in [4.78, 5) is 22.2. The topological polar surface area (TPSA) is 62.1 Å². The van der Waals surface area contributed by atoms with Crippen LogP contribution in [0.4, 0.5) is 0 Å². The predicted molar refractivity (Wildman–Crippen MR) is 106 cm³/mol. The molecule has 1 N–H and O–H groups in total. The molecular weight excluding hydrogens is 362 g/mol. The third-order valence-corrected chi connectivity index (χ3v) is 5.11. The number of fused-ring (bicyclic) bond motifs is 1. The number of hydrogen-bond acceptors (Lipinski definition) is 4. The molecule has 0 amide bonds. The summed E-state index contributed by atoms with van der Waals surface area (Å²) >= 11 is 5.94. The van der Waals surface area contributed by atoms with Gasteiger partial charge in [0.2, 0.25) is 0 Å². The van der Waals surface area contributed by atoms with E-state index < -0.39 is 0 Å². The molecule has 0 unspecified atom stereocenters. The Labute approximate surface area is 163 Å². The van der Waals surface area contributed by atoms with Crippen LogP contribution < -0.4 is 5.56 Å². The lowest BCUT2D eigenvalue weighted by Crippen LogP contribution is -2.35. The maximum atomic E-state index is 12.4. The van der Waals surface area contributed by atoms with Crippen molar-refractivity contribution in [2.75, 3.05) is 6.54 Å². The molecule has 2 aromatic heterocycles. The summed E-state index contributed by atoms with van der Waals surface area (Å²) in [6, 6.07) is 11.6. The Kier molecular flexibility index (Phi) is 5.14. The highest BCUT2D eigenvalue weighted by Crippen LogP contribution is 2.25. The molecule has 27 heavy (non-hydrogen) atoms. The zero-order valence-electron chi connectivity index (χ0n) is 15.3. The van der Waals surface area contributed by atoms with Gasteiger partial charge in [0.25, 0.3) is 5.56 Å². The quantitative estimate of drug-likeness (QED) is 0.717. The third-order valence-electron chi connectivity index (χ3n) is 4.85. The van der Waals surface area contributed by atoms with Gasteiger partial charge >= 0.3 is 0 Å². The standard InChI is InChI=1S/C21H22ClN3O2/c1-2-3-20-23-18-10-11-25(13-17(18)21(26)24-20)12-16-8-9-19(27-16)14-4-6-15(22)7-5-14/h4-9H,2-3,10-13H2,1H3,(H,23,24,26). The molecule has 0 saturated heterocycles. The minimum Gasteiger partial charge on any atom is -0.460 e. The molecule has 0 atom stereocenters. The fourth-order valence-corrected chi connectivity index (χ4v) is 3.60. The van der Waals surface area contributed by atoms with Gasteiger partial charge in [-0.2, -0.15) is 0 Å². The summed E-state index contributed by atoms with van der Waals surface area (Å²) in [7, 11) is 0. The van der Waals surface area contributed by atoms with E-state index in [1.54, 1.807) is 0 Å². The van der Waals surface area contributed by atoms with Crippen molar-refractivity contribution in [3.05, 3.63) is 74.6 Å². The van der Waals surface area contributed by atoms with E-state index in [9.17, 15) is 4.79 Å². The van der Waals surface area contributed by atoms with Crippen LogP contribution in [0.2, 0.25) is 5.02 Å². The Morgan fingerprint density at radius 1 is 1.22 bits per heavy atom. The van der Waals surface area contributed by atoms with Crippen molar-refractivity contribution in [3.8, 4) is 11.3 Å². The van der Waals surface area contributed by atoms with Gasteiger partial charge in [-0.15, -0.1) is 0 Å². The first-order valence-corrected chi connectivity index (χ1v) is 9.68. The first-order valence-electron chi connectivity index (χ1n) is 9.30. The van der Waals surface area contributed by atoms with Gasteiger partial charge in [-0.25, -0.2) is 4.98 Å². The maximum absolute atomic E-state index is 12.4. The Hall–Kier alpha value is -2.37. The number of nitrogens with one attached hydrogen (secondary N) is 1. The van der Waals surface area contributed by atoms with Crippen LogP contribution in [0, 0.1) is 0 Å². The lowest BCUT2D eigenvalue weighted by Gasteiger charge is -2.26.